The molecule has 0 bridgehead atoms. The molecule has 0 atom stereocenters. The number of esters is 1. The standard InChI is InChI=1S/C19H20N2O6/c1-24-16-7-3-14(4-8-16)11-20-27-13-19(23)26-12-18(22)21-15-5-9-17(25-2)10-6-15/h3-11H,12-13H2,1-2H3,(H,21,22)/b20-11-. The Bertz CT molecular complexity index is 772. The molecule has 142 valence electrons. The fourth-order valence-electron chi connectivity index (χ4n) is 1.94. The maximum atomic E-state index is 11.7. The lowest BCUT2D eigenvalue weighted by molar-refractivity contribution is -0.151. The van der Waals surface area contributed by atoms with Gasteiger partial charge in [-0.15, -0.1) is 0 Å². The van der Waals surface area contributed by atoms with E-state index in [1.54, 1.807) is 62.8 Å². The second-order valence-electron chi connectivity index (χ2n) is 5.22. The van der Waals surface area contributed by atoms with Crippen molar-refractivity contribution < 1.29 is 28.6 Å². The van der Waals surface area contributed by atoms with Crippen molar-refractivity contribution in [3.8, 4) is 11.5 Å². The van der Waals surface area contributed by atoms with Gasteiger partial charge in [0.15, 0.2) is 6.61 Å². The highest BCUT2D eigenvalue weighted by atomic mass is 16.7. The minimum Gasteiger partial charge on any atom is -0.497 e. The molecule has 0 aliphatic rings. The normalized spacial score (nSPS) is 10.3. The van der Waals surface area contributed by atoms with E-state index in [0.717, 1.165) is 11.3 Å². The van der Waals surface area contributed by atoms with Crippen molar-refractivity contribution in [2.45, 2.75) is 0 Å². The third-order valence-electron chi connectivity index (χ3n) is 3.31. The van der Waals surface area contributed by atoms with E-state index in [1.165, 1.54) is 6.21 Å². The lowest BCUT2D eigenvalue weighted by atomic mass is 10.2. The molecule has 2 aromatic rings. The maximum Gasteiger partial charge on any atom is 0.347 e. The second kappa shape index (κ2) is 10.4. The van der Waals surface area contributed by atoms with Crippen molar-refractivity contribution in [2.24, 2.45) is 5.16 Å². The molecule has 1 amide bonds. The number of nitrogens with one attached hydrogen (secondary N) is 1. The second-order valence-corrected chi connectivity index (χ2v) is 5.22. The van der Waals surface area contributed by atoms with Crippen molar-refractivity contribution in [3.05, 3.63) is 54.1 Å². The van der Waals surface area contributed by atoms with Gasteiger partial charge in [0.1, 0.15) is 11.5 Å². The Morgan fingerprint density at radius 3 is 2.11 bits per heavy atom. The SMILES string of the molecule is COc1ccc(/C=N\OCC(=O)OCC(=O)Nc2ccc(OC)cc2)cc1. The Labute approximate surface area is 156 Å². The molecule has 0 heterocycles. The molecule has 0 unspecified atom stereocenters. The summed E-state index contributed by atoms with van der Waals surface area (Å²) in [6.07, 6.45) is 1.45. The third kappa shape index (κ3) is 7.07. The van der Waals surface area contributed by atoms with Crippen LogP contribution in [-0.4, -0.2) is 45.5 Å². The molecular formula is C19H20N2O6. The average Bonchev–Trinajstić information content (AvgIpc) is 2.70. The summed E-state index contributed by atoms with van der Waals surface area (Å²) in [6, 6.07) is 13.9. The van der Waals surface area contributed by atoms with Gasteiger partial charge in [-0.1, -0.05) is 5.16 Å². The lowest BCUT2D eigenvalue weighted by Crippen LogP contribution is -2.22. The number of oxime groups is 1. The number of amides is 1. The van der Waals surface area contributed by atoms with Crippen LogP contribution >= 0.6 is 0 Å². The van der Waals surface area contributed by atoms with E-state index in [0.29, 0.717) is 11.4 Å². The van der Waals surface area contributed by atoms with Gasteiger partial charge >= 0.3 is 5.97 Å². The Morgan fingerprint density at radius 1 is 0.926 bits per heavy atom. The number of ether oxygens (including phenoxy) is 3. The molecule has 0 saturated heterocycles. The van der Waals surface area contributed by atoms with Crippen LogP contribution in [0.2, 0.25) is 0 Å². The van der Waals surface area contributed by atoms with Crippen LogP contribution in [0.25, 0.3) is 0 Å². The lowest BCUT2D eigenvalue weighted by Gasteiger charge is -2.07. The summed E-state index contributed by atoms with van der Waals surface area (Å²) in [5.41, 5.74) is 1.35. The fourth-order valence-corrected chi connectivity index (χ4v) is 1.94. The molecule has 2 rings (SSSR count). The molecular weight excluding hydrogens is 352 g/mol. The predicted molar refractivity (Wildman–Crippen MR) is 99.1 cm³/mol. The van der Waals surface area contributed by atoms with Crippen LogP contribution in [0.1, 0.15) is 5.56 Å². The molecule has 0 aliphatic carbocycles. The average molecular weight is 372 g/mol. The number of carbonyl (C=O) groups is 2. The van der Waals surface area contributed by atoms with Gasteiger partial charge in [-0.3, -0.25) is 4.79 Å². The number of methoxy groups -OCH3 is 2. The zero-order valence-corrected chi connectivity index (χ0v) is 15.0. The Morgan fingerprint density at radius 2 is 1.52 bits per heavy atom. The molecule has 8 nitrogen and oxygen atoms in total. The van der Waals surface area contributed by atoms with Crippen LogP contribution in [0.3, 0.4) is 0 Å². The number of carbonyl (C=O) groups excluding carboxylic acids is 2. The smallest absolute Gasteiger partial charge is 0.347 e. The van der Waals surface area contributed by atoms with Crippen molar-refractivity contribution in [3.63, 3.8) is 0 Å². The van der Waals surface area contributed by atoms with Gasteiger partial charge in [0, 0.05) is 5.69 Å². The first kappa shape index (κ1) is 19.8. The molecule has 0 spiro atoms. The van der Waals surface area contributed by atoms with Crippen LogP contribution in [0.4, 0.5) is 5.69 Å². The summed E-state index contributed by atoms with van der Waals surface area (Å²) < 4.78 is 14.9. The number of rotatable bonds is 9. The first-order valence-corrected chi connectivity index (χ1v) is 7.99. The zero-order valence-electron chi connectivity index (χ0n) is 15.0. The molecule has 8 heteroatoms. The molecule has 27 heavy (non-hydrogen) atoms. The highest BCUT2D eigenvalue weighted by Crippen LogP contribution is 2.14. The van der Waals surface area contributed by atoms with Gasteiger partial charge in [-0.2, -0.15) is 0 Å². The minimum atomic E-state index is -0.702. The topological polar surface area (TPSA) is 95.5 Å². The Hall–Kier alpha value is -3.55. The number of nitrogens with zero attached hydrogens (tertiary/aromatic N) is 1. The van der Waals surface area contributed by atoms with Gasteiger partial charge < -0.3 is 24.4 Å². The van der Waals surface area contributed by atoms with E-state index >= 15 is 0 Å². The van der Waals surface area contributed by atoms with Crippen LogP contribution < -0.4 is 14.8 Å². The van der Waals surface area contributed by atoms with E-state index in [4.69, 9.17) is 19.0 Å². The van der Waals surface area contributed by atoms with Crippen LogP contribution in [0.15, 0.2) is 53.7 Å². The van der Waals surface area contributed by atoms with E-state index in [1.807, 2.05) is 0 Å². The number of benzene rings is 2. The van der Waals surface area contributed by atoms with E-state index < -0.39 is 25.1 Å². The van der Waals surface area contributed by atoms with Gasteiger partial charge in [-0.05, 0) is 54.1 Å². The molecule has 0 aromatic heterocycles. The zero-order chi connectivity index (χ0) is 19.5. The third-order valence-corrected chi connectivity index (χ3v) is 3.31. The van der Waals surface area contributed by atoms with Crippen LogP contribution in [0, 0.1) is 0 Å². The quantitative estimate of drug-likeness (QED) is 0.412. The largest absolute Gasteiger partial charge is 0.497 e. The van der Waals surface area contributed by atoms with Crippen LogP contribution in [-0.2, 0) is 19.2 Å². The Kier molecular flexibility index (Phi) is 7.65. The summed E-state index contributed by atoms with van der Waals surface area (Å²) in [4.78, 5) is 28.1. The molecule has 1 N–H and O–H groups in total. The minimum absolute atomic E-state index is 0.400. The van der Waals surface area contributed by atoms with Crippen molar-refractivity contribution >= 4 is 23.8 Å². The monoisotopic (exact) mass is 372 g/mol. The van der Waals surface area contributed by atoms with Gasteiger partial charge in [0.25, 0.3) is 5.91 Å². The molecule has 2 aromatic carbocycles. The first-order valence-electron chi connectivity index (χ1n) is 7.99. The number of anilines is 1. The maximum absolute atomic E-state index is 11.7. The summed E-state index contributed by atoms with van der Waals surface area (Å²) in [5.74, 6) is 0.235. The highest BCUT2D eigenvalue weighted by Gasteiger charge is 2.08. The van der Waals surface area contributed by atoms with Gasteiger partial charge in [-0.25, -0.2) is 4.79 Å². The highest BCUT2D eigenvalue weighted by molar-refractivity contribution is 5.92. The summed E-state index contributed by atoms with van der Waals surface area (Å²) >= 11 is 0. The van der Waals surface area contributed by atoms with E-state index in [9.17, 15) is 9.59 Å². The van der Waals surface area contributed by atoms with Crippen LogP contribution in [0.5, 0.6) is 11.5 Å². The molecule has 0 aliphatic heterocycles. The first-order chi connectivity index (χ1) is 13.1. The number of hydrogen-bond donors (Lipinski definition) is 1. The van der Waals surface area contributed by atoms with E-state index in [-0.39, 0.29) is 0 Å². The molecule has 0 fully saturated rings. The molecule has 0 saturated carbocycles. The van der Waals surface area contributed by atoms with Crippen molar-refractivity contribution in [2.75, 3.05) is 32.8 Å². The fraction of sp³-hybridized carbons (Fsp3) is 0.211. The van der Waals surface area contributed by atoms with E-state index in [2.05, 4.69) is 10.5 Å². The summed E-state index contributed by atoms with van der Waals surface area (Å²) in [6.45, 7) is -0.821. The number of hydrogen-bond acceptors (Lipinski definition) is 7. The van der Waals surface area contributed by atoms with Gasteiger partial charge in [0.05, 0.1) is 20.4 Å². The molecule has 0 radical (unpaired) electrons. The van der Waals surface area contributed by atoms with Crippen molar-refractivity contribution in [1.29, 1.82) is 0 Å². The van der Waals surface area contributed by atoms with Gasteiger partial charge in [0.2, 0.25) is 6.61 Å². The van der Waals surface area contributed by atoms with Crippen molar-refractivity contribution in [1.82, 2.24) is 0 Å². The Balaban J connectivity index is 1.65. The predicted octanol–water partition coefficient (Wildman–Crippen LogP) is 2.24. The summed E-state index contributed by atoms with van der Waals surface area (Å²) in [7, 11) is 3.13. The summed E-state index contributed by atoms with van der Waals surface area (Å²) in [5, 5.41) is 6.26.